The Kier molecular flexibility index (Phi) is 3.94. The molecular weight excluding hydrogens is 258 g/mol. The summed E-state index contributed by atoms with van der Waals surface area (Å²) in [6, 6.07) is 3.41. The van der Waals surface area contributed by atoms with Crippen molar-refractivity contribution in [2.24, 2.45) is 17.3 Å². The molecule has 3 rings (SSSR count). The summed E-state index contributed by atoms with van der Waals surface area (Å²) in [6.45, 7) is 11.6. The fraction of sp³-hybridized carbons (Fsp3) is 0.789. The fourth-order valence-corrected chi connectivity index (χ4v) is 4.50. The Balaban J connectivity index is 1.78. The maximum Gasteiger partial charge on any atom is 0.109 e. The van der Waals surface area contributed by atoms with E-state index in [9.17, 15) is 0 Å². The Morgan fingerprint density at radius 2 is 2.00 bits per heavy atom. The molecule has 2 aliphatic carbocycles. The van der Waals surface area contributed by atoms with Crippen LogP contribution < -0.4 is 5.32 Å². The van der Waals surface area contributed by atoms with Gasteiger partial charge in [0.25, 0.3) is 0 Å². The van der Waals surface area contributed by atoms with E-state index >= 15 is 0 Å². The lowest BCUT2D eigenvalue weighted by Gasteiger charge is -2.40. The quantitative estimate of drug-likeness (QED) is 0.827. The molecule has 0 saturated heterocycles. The molecule has 1 aromatic rings. The van der Waals surface area contributed by atoms with Crippen LogP contribution >= 0.6 is 0 Å². The largest absolute Gasteiger partial charge is 0.466 e. The summed E-state index contributed by atoms with van der Waals surface area (Å²) in [5.74, 6) is 3.97. The Labute approximate surface area is 129 Å². The molecule has 4 atom stereocenters. The SMILES string of the molecule is Cc1cc2c(o1)CC(C)(C)CC2NC1CCC(C)CC1C. The van der Waals surface area contributed by atoms with E-state index in [0.717, 1.165) is 24.0 Å². The van der Waals surface area contributed by atoms with Crippen LogP contribution in [0.3, 0.4) is 0 Å². The van der Waals surface area contributed by atoms with Crippen LogP contribution in [0.5, 0.6) is 0 Å². The molecule has 1 N–H and O–H groups in total. The van der Waals surface area contributed by atoms with Crippen molar-refractivity contribution in [1.82, 2.24) is 5.32 Å². The second kappa shape index (κ2) is 5.46. The maximum absolute atomic E-state index is 5.96. The third-order valence-corrected chi connectivity index (χ3v) is 5.58. The monoisotopic (exact) mass is 289 g/mol. The van der Waals surface area contributed by atoms with Gasteiger partial charge in [-0.1, -0.05) is 27.7 Å². The maximum atomic E-state index is 5.96. The Bertz CT molecular complexity index is 502. The second-order valence-corrected chi connectivity index (χ2v) is 8.50. The molecule has 1 saturated carbocycles. The van der Waals surface area contributed by atoms with E-state index < -0.39 is 0 Å². The van der Waals surface area contributed by atoms with Crippen LogP contribution in [0.25, 0.3) is 0 Å². The number of fused-ring (bicyclic) bond motifs is 1. The lowest BCUT2D eigenvalue weighted by molar-refractivity contribution is 0.174. The zero-order valence-corrected chi connectivity index (χ0v) is 14.3. The zero-order chi connectivity index (χ0) is 15.2. The van der Waals surface area contributed by atoms with E-state index in [4.69, 9.17) is 4.42 Å². The van der Waals surface area contributed by atoms with Crippen LogP contribution in [0.1, 0.15) is 76.5 Å². The molecule has 0 aliphatic heterocycles. The number of aryl methyl sites for hydroxylation is 1. The van der Waals surface area contributed by atoms with Crippen LogP contribution in [0.4, 0.5) is 0 Å². The van der Waals surface area contributed by atoms with Gasteiger partial charge in [0.1, 0.15) is 11.5 Å². The molecule has 1 heterocycles. The fourth-order valence-electron chi connectivity index (χ4n) is 4.50. The molecule has 0 spiro atoms. The molecule has 0 radical (unpaired) electrons. The third kappa shape index (κ3) is 3.21. The van der Waals surface area contributed by atoms with Crippen LogP contribution in [0, 0.1) is 24.2 Å². The molecular formula is C19H31NO. The van der Waals surface area contributed by atoms with Gasteiger partial charge in [0.2, 0.25) is 0 Å². The third-order valence-electron chi connectivity index (χ3n) is 5.58. The predicted octanol–water partition coefficient (Wildman–Crippen LogP) is 5.02. The first-order chi connectivity index (χ1) is 9.84. The lowest BCUT2D eigenvalue weighted by atomic mass is 9.73. The van der Waals surface area contributed by atoms with E-state index in [1.807, 2.05) is 0 Å². The minimum absolute atomic E-state index is 0.333. The van der Waals surface area contributed by atoms with Gasteiger partial charge < -0.3 is 9.73 Å². The lowest BCUT2D eigenvalue weighted by Crippen LogP contribution is -2.43. The number of nitrogens with one attached hydrogen (secondary N) is 1. The highest BCUT2D eigenvalue weighted by molar-refractivity contribution is 5.29. The standard InChI is InChI=1S/C19H31NO/c1-12-6-7-16(13(2)8-12)20-17-10-19(4,5)11-18-15(17)9-14(3)21-18/h9,12-13,16-17,20H,6-8,10-11H2,1-5H3. The Hall–Kier alpha value is -0.760. The van der Waals surface area contributed by atoms with Crippen molar-refractivity contribution >= 4 is 0 Å². The smallest absolute Gasteiger partial charge is 0.109 e. The van der Waals surface area contributed by atoms with Gasteiger partial charge in [-0.2, -0.15) is 0 Å². The first-order valence-corrected chi connectivity index (χ1v) is 8.69. The zero-order valence-electron chi connectivity index (χ0n) is 14.3. The van der Waals surface area contributed by atoms with E-state index in [1.54, 1.807) is 0 Å². The summed E-state index contributed by atoms with van der Waals surface area (Å²) in [5.41, 5.74) is 1.76. The summed E-state index contributed by atoms with van der Waals surface area (Å²) in [7, 11) is 0. The van der Waals surface area contributed by atoms with Gasteiger partial charge >= 0.3 is 0 Å². The van der Waals surface area contributed by atoms with Crippen LogP contribution in [-0.4, -0.2) is 6.04 Å². The average molecular weight is 289 g/mol. The van der Waals surface area contributed by atoms with Crippen LogP contribution in [0.15, 0.2) is 10.5 Å². The predicted molar refractivity (Wildman–Crippen MR) is 87.4 cm³/mol. The summed E-state index contributed by atoms with van der Waals surface area (Å²) in [6.07, 6.45) is 6.36. The first kappa shape index (κ1) is 15.1. The Morgan fingerprint density at radius 3 is 2.71 bits per heavy atom. The Morgan fingerprint density at radius 1 is 1.24 bits per heavy atom. The van der Waals surface area contributed by atoms with Crippen molar-refractivity contribution < 1.29 is 4.42 Å². The van der Waals surface area contributed by atoms with Gasteiger partial charge in [-0.25, -0.2) is 0 Å². The molecule has 1 fully saturated rings. The van der Waals surface area contributed by atoms with E-state index in [-0.39, 0.29) is 0 Å². The van der Waals surface area contributed by atoms with Crippen molar-refractivity contribution in [3.05, 3.63) is 23.2 Å². The van der Waals surface area contributed by atoms with Crippen LogP contribution in [0.2, 0.25) is 0 Å². The van der Waals surface area contributed by atoms with Gasteiger partial charge in [0.15, 0.2) is 0 Å². The molecule has 4 unspecified atom stereocenters. The molecule has 2 heteroatoms. The number of rotatable bonds is 2. The van der Waals surface area contributed by atoms with Gasteiger partial charge in [0.05, 0.1) is 0 Å². The molecule has 21 heavy (non-hydrogen) atoms. The molecule has 2 aliphatic rings. The molecule has 0 amide bonds. The van der Waals surface area contributed by atoms with Crippen molar-refractivity contribution in [3.8, 4) is 0 Å². The van der Waals surface area contributed by atoms with Gasteiger partial charge in [-0.3, -0.25) is 0 Å². The van der Waals surface area contributed by atoms with Crippen LogP contribution in [-0.2, 0) is 6.42 Å². The van der Waals surface area contributed by atoms with E-state index in [1.165, 1.54) is 37.0 Å². The summed E-state index contributed by atoms with van der Waals surface area (Å²) in [5, 5.41) is 3.99. The second-order valence-electron chi connectivity index (χ2n) is 8.50. The highest BCUT2D eigenvalue weighted by atomic mass is 16.3. The van der Waals surface area contributed by atoms with Crippen molar-refractivity contribution in [2.75, 3.05) is 0 Å². The topological polar surface area (TPSA) is 25.2 Å². The number of hydrogen-bond donors (Lipinski definition) is 1. The van der Waals surface area contributed by atoms with Crippen molar-refractivity contribution in [1.29, 1.82) is 0 Å². The van der Waals surface area contributed by atoms with E-state index in [2.05, 4.69) is 46.0 Å². The number of furan rings is 1. The summed E-state index contributed by atoms with van der Waals surface area (Å²) in [4.78, 5) is 0. The molecule has 0 bridgehead atoms. The summed E-state index contributed by atoms with van der Waals surface area (Å²) < 4.78 is 5.96. The van der Waals surface area contributed by atoms with Crippen molar-refractivity contribution in [2.45, 2.75) is 78.8 Å². The van der Waals surface area contributed by atoms with Gasteiger partial charge in [0, 0.05) is 24.1 Å². The van der Waals surface area contributed by atoms with Gasteiger partial charge in [-0.05, 0) is 55.9 Å². The highest BCUT2D eigenvalue weighted by Gasteiger charge is 2.37. The minimum Gasteiger partial charge on any atom is -0.466 e. The summed E-state index contributed by atoms with van der Waals surface area (Å²) >= 11 is 0. The van der Waals surface area contributed by atoms with Gasteiger partial charge in [-0.15, -0.1) is 0 Å². The van der Waals surface area contributed by atoms with Crippen molar-refractivity contribution in [3.63, 3.8) is 0 Å². The van der Waals surface area contributed by atoms with E-state index in [0.29, 0.717) is 17.5 Å². The highest BCUT2D eigenvalue weighted by Crippen LogP contribution is 2.43. The molecule has 2 nitrogen and oxygen atoms in total. The normalized spacial score (nSPS) is 35.5. The minimum atomic E-state index is 0.333. The number of hydrogen-bond acceptors (Lipinski definition) is 2. The molecule has 0 aromatic carbocycles. The first-order valence-electron chi connectivity index (χ1n) is 8.69. The average Bonchev–Trinajstić information content (AvgIpc) is 2.71. The molecule has 1 aromatic heterocycles. The molecule has 118 valence electrons.